The highest BCUT2D eigenvalue weighted by Gasteiger charge is 2.37. The van der Waals surface area contributed by atoms with E-state index in [-0.39, 0.29) is 17.9 Å². The Morgan fingerprint density at radius 1 is 1.03 bits per heavy atom. The topological polar surface area (TPSA) is 52.7 Å². The first-order valence-electron chi connectivity index (χ1n) is 10.3. The molecule has 2 aromatic rings. The van der Waals surface area contributed by atoms with Crippen LogP contribution in [-0.4, -0.2) is 47.3 Å². The Morgan fingerprint density at radius 2 is 1.66 bits per heavy atom. The van der Waals surface area contributed by atoms with Gasteiger partial charge in [-0.1, -0.05) is 55.1 Å². The molecule has 0 saturated carbocycles. The molecule has 0 bridgehead atoms. The Balaban J connectivity index is 1.46. The van der Waals surface area contributed by atoms with Crippen molar-refractivity contribution in [3.05, 3.63) is 77.9 Å². The van der Waals surface area contributed by atoms with Crippen LogP contribution in [0.15, 0.2) is 61.2 Å². The van der Waals surface area contributed by atoms with Crippen molar-refractivity contribution in [1.29, 1.82) is 0 Å². The van der Waals surface area contributed by atoms with Gasteiger partial charge in [0.1, 0.15) is 6.04 Å². The van der Waals surface area contributed by atoms with E-state index >= 15 is 0 Å². The fraction of sp³-hybridized carbons (Fsp3) is 0.333. The normalized spacial score (nSPS) is 18.6. The van der Waals surface area contributed by atoms with Crippen LogP contribution in [0.1, 0.15) is 47.3 Å². The number of benzene rings is 2. The van der Waals surface area contributed by atoms with Crippen LogP contribution >= 0.6 is 0 Å². The first-order chi connectivity index (χ1) is 14.1. The van der Waals surface area contributed by atoms with Crippen LogP contribution in [-0.2, 0) is 4.79 Å². The van der Waals surface area contributed by atoms with E-state index in [1.807, 2.05) is 36.4 Å². The SMILES string of the molecule is C=C1c2ccccc2C(=O)N1[C@H](C)C(=O)NC[C@@H](c1ccccc1)N1CCCC1. The molecule has 150 valence electrons. The minimum atomic E-state index is -0.614. The average molecular weight is 389 g/mol. The summed E-state index contributed by atoms with van der Waals surface area (Å²) in [4.78, 5) is 29.7. The third kappa shape index (κ3) is 3.70. The lowest BCUT2D eigenvalue weighted by atomic mass is 10.1. The number of rotatable bonds is 6. The number of carbonyl (C=O) groups is 2. The molecule has 0 aliphatic carbocycles. The summed E-state index contributed by atoms with van der Waals surface area (Å²) >= 11 is 0. The van der Waals surface area contributed by atoms with Gasteiger partial charge in [-0.05, 0) is 44.5 Å². The van der Waals surface area contributed by atoms with E-state index in [0.29, 0.717) is 17.8 Å². The lowest BCUT2D eigenvalue weighted by Gasteiger charge is -2.30. The molecule has 2 aromatic carbocycles. The average Bonchev–Trinajstić information content (AvgIpc) is 3.36. The third-order valence-electron chi connectivity index (χ3n) is 5.98. The van der Waals surface area contributed by atoms with E-state index in [1.54, 1.807) is 13.0 Å². The van der Waals surface area contributed by atoms with Crippen molar-refractivity contribution < 1.29 is 9.59 Å². The van der Waals surface area contributed by atoms with Gasteiger partial charge in [0.05, 0.1) is 6.04 Å². The Kier molecular flexibility index (Phi) is 5.49. The van der Waals surface area contributed by atoms with Crippen LogP contribution in [0.3, 0.4) is 0 Å². The number of amides is 2. The van der Waals surface area contributed by atoms with E-state index in [2.05, 4.69) is 28.9 Å². The molecular weight excluding hydrogens is 362 g/mol. The highest BCUT2D eigenvalue weighted by atomic mass is 16.2. The standard InChI is InChI=1S/C24H27N3O2/c1-17-20-12-6-7-13-21(20)24(29)27(17)18(2)23(28)25-16-22(26-14-8-9-15-26)19-10-4-3-5-11-19/h3-7,10-13,18,22H,1,8-9,14-16H2,2H3,(H,25,28)/t18-,22+/m1/s1. The van der Waals surface area contributed by atoms with Crippen molar-refractivity contribution in [3.63, 3.8) is 0 Å². The third-order valence-corrected chi connectivity index (χ3v) is 5.98. The second-order valence-electron chi connectivity index (χ2n) is 7.76. The number of hydrogen-bond donors (Lipinski definition) is 1. The Morgan fingerprint density at radius 3 is 2.31 bits per heavy atom. The number of carbonyl (C=O) groups excluding carboxylic acids is 2. The van der Waals surface area contributed by atoms with Gasteiger partial charge in [0.25, 0.3) is 5.91 Å². The van der Waals surface area contributed by atoms with Gasteiger partial charge in [0.2, 0.25) is 5.91 Å². The van der Waals surface area contributed by atoms with Crippen molar-refractivity contribution in [2.45, 2.75) is 31.8 Å². The monoisotopic (exact) mass is 389 g/mol. The maximum atomic E-state index is 13.0. The zero-order valence-corrected chi connectivity index (χ0v) is 16.8. The molecule has 0 unspecified atom stereocenters. The van der Waals surface area contributed by atoms with Crippen LogP contribution in [0.2, 0.25) is 0 Å². The highest BCUT2D eigenvalue weighted by Crippen LogP contribution is 2.33. The molecule has 5 nitrogen and oxygen atoms in total. The molecular formula is C24H27N3O2. The molecule has 2 heterocycles. The molecule has 0 aromatic heterocycles. The largest absolute Gasteiger partial charge is 0.352 e. The van der Waals surface area contributed by atoms with E-state index < -0.39 is 6.04 Å². The molecule has 4 rings (SSSR count). The van der Waals surface area contributed by atoms with Gasteiger partial charge in [0, 0.05) is 23.4 Å². The quantitative estimate of drug-likeness (QED) is 0.823. The second kappa shape index (κ2) is 8.21. The van der Waals surface area contributed by atoms with E-state index in [1.165, 1.54) is 23.3 Å². The molecule has 29 heavy (non-hydrogen) atoms. The summed E-state index contributed by atoms with van der Waals surface area (Å²) in [7, 11) is 0. The van der Waals surface area contributed by atoms with Crippen LogP contribution in [0.25, 0.3) is 5.70 Å². The summed E-state index contributed by atoms with van der Waals surface area (Å²) in [5.41, 5.74) is 3.21. The van der Waals surface area contributed by atoms with Crippen molar-refractivity contribution in [1.82, 2.24) is 15.1 Å². The fourth-order valence-electron chi connectivity index (χ4n) is 4.36. The van der Waals surface area contributed by atoms with Gasteiger partial charge in [-0.2, -0.15) is 0 Å². The van der Waals surface area contributed by atoms with E-state index in [4.69, 9.17) is 0 Å². The molecule has 2 amide bonds. The predicted molar refractivity (Wildman–Crippen MR) is 114 cm³/mol. The summed E-state index contributed by atoms with van der Waals surface area (Å²) in [6.45, 7) is 8.42. The van der Waals surface area contributed by atoms with Gasteiger partial charge in [0.15, 0.2) is 0 Å². The number of fused-ring (bicyclic) bond motifs is 1. The number of hydrogen-bond acceptors (Lipinski definition) is 3. The molecule has 1 N–H and O–H groups in total. The number of nitrogens with zero attached hydrogens (tertiary/aromatic N) is 2. The zero-order chi connectivity index (χ0) is 20.4. The van der Waals surface area contributed by atoms with E-state index in [9.17, 15) is 9.59 Å². The summed E-state index contributed by atoms with van der Waals surface area (Å²) in [5, 5.41) is 3.09. The maximum Gasteiger partial charge on any atom is 0.259 e. The molecule has 5 heteroatoms. The minimum Gasteiger partial charge on any atom is -0.352 e. The van der Waals surface area contributed by atoms with Crippen molar-refractivity contribution in [2.24, 2.45) is 0 Å². The zero-order valence-electron chi connectivity index (χ0n) is 16.8. The Bertz CT molecular complexity index is 884. The summed E-state index contributed by atoms with van der Waals surface area (Å²) < 4.78 is 0. The maximum absolute atomic E-state index is 13.0. The van der Waals surface area contributed by atoms with E-state index in [0.717, 1.165) is 18.7 Å². The minimum absolute atomic E-state index is 0.143. The second-order valence-corrected chi connectivity index (χ2v) is 7.76. The lowest BCUT2D eigenvalue weighted by molar-refractivity contribution is -0.124. The van der Waals surface area contributed by atoms with Gasteiger partial charge in [-0.25, -0.2) is 0 Å². The van der Waals surface area contributed by atoms with Crippen molar-refractivity contribution in [3.8, 4) is 0 Å². The number of nitrogens with one attached hydrogen (secondary N) is 1. The molecule has 2 aliphatic rings. The predicted octanol–water partition coefficient (Wildman–Crippen LogP) is 3.45. The Labute approximate surface area is 172 Å². The first-order valence-corrected chi connectivity index (χ1v) is 10.3. The summed E-state index contributed by atoms with van der Waals surface area (Å²) in [5.74, 6) is -0.320. The Hall–Kier alpha value is -2.92. The number of likely N-dealkylation sites (tertiary alicyclic amines) is 1. The molecule has 0 spiro atoms. The van der Waals surface area contributed by atoms with Crippen molar-refractivity contribution >= 4 is 17.5 Å². The first kappa shape index (κ1) is 19.4. The smallest absolute Gasteiger partial charge is 0.259 e. The van der Waals surface area contributed by atoms with Gasteiger partial charge < -0.3 is 5.32 Å². The molecule has 2 atom stereocenters. The molecule has 0 radical (unpaired) electrons. The lowest BCUT2D eigenvalue weighted by Crippen LogP contribution is -2.47. The molecule has 1 saturated heterocycles. The van der Waals surface area contributed by atoms with Crippen LogP contribution in [0.5, 0.6) is 0 Å². The molecule has 2 aliphatic heterocycles. The van der Waals surface area contributed by atoms with Crippen LogP contribution < -0.4 is 5.32 Å². The van der Waals surface area contributed by atoms with Gasteiger partial charge in [-0.3, -0.25) is 19.4 Å². The molecule has 1 fully saturated rings. The summed E-state index contributed by atoms with van der Waals surface area (Å²) in [6.07, 6.45) is 2.38. The fourth-order valence-corrected chi connectivity index (χ4v) is 4.36. The summed E-state index contributed by atoms with van der Waals surface area (Å²) in [6, 6.07) is 17.2. The van der Waals surface area contributed by atoms with Gasteiger partial charge in [-0.15, -0.1) is 0 Å². The van der Waals surface area contributed by atoms with Crippen molar-refractivity contribution in [2.75, 3.05) is 19.6 Å². The van der Waals surface area contributed by atoms with Crippen LogP contribution in [0, 0.1) is 0 Å². The highest BCUT2D eigenvalue weighted by molar-refractivity contribution is 6.10. The van der Waals surface area contributed by atoms with Gasteiger partial charge >= 0.3 is 0 Å². The van der Waals surface area contributed by atoms with Crippen LogP contribution in [0.4, 0.5) is 0 Å².